The molecule has 0 aromatic heterocycles. The predicted octanol–water partition coefficient (Wildman–Crippen LogP) is 1.79. The topological polar surface area (TPSA) is 23.5 Å². The van der Waals surface area contributed by atoms with Gasteiger partial charge < -0.3 is 5.11 Å². The summed E-state index contributed by atoms with van der Waals surface area (Å²) in [4.78, 5) is 0. The van der Waals surface area contributed by atoms with Crippen molar-refractivity contribution in [1.82, 2.24) is 0 Å². The number of aliphatic hydroxyl groups is 1. The Morgan fingerprint density at radius 3 is 2.40 bits per heavy atom. The van der Waals surface area contributed by atoms with Gasteiger partial charge in [-0.15, -0.1) is 0 Å². The summed E-state index contributed by atoms with van der Waals surface area (Å²) < 4.78 is 1.73. The van der Waals surface area contributed by atoms with Gasteiger partial charge in [0, 0.05) is 5.69 Å². The number of para-hydroxylation sites is 1. The summed E-state index contributed by atoms with van der Waals surface area (Å²) in [7, 11) is 0. The highest BCUT2D eigenvalue weighted by atomic mass is 127. The van der Waals surface area contributed by atoms with Crippen molar-refractivity contribution >= 4 is 28.6 Å². The summed E-state index contributed by atoms with van der Waals surface area (Å²) in [5.74, 6) is 0. The molecule has 0 bridgehead atoms. The van der Waals surface area contributed by atoms with Crippen LogP contribution in [0.15, 0.2) is 30.3 Å². The zero-order chi connectivity index (χ0) is 7.40. The van der Waals surface area contributed by atoms with Crippen molar-refractivity contribution in [3.8, 4) is 0 Å². The molecular weight excluding hydrogens is 241 g/mol. The van der Waals surface area contributed by atoms with Gasteiger partial charge >= 0.3 is 0 Å². The van der Waals surface area contributed by atoms with Crippen molar-refractivity contribution in [3.05, 3.63) is 30.3 Å². The van der Waals surface area contributed by atoms with E-state index in [2.05, 4.69) is 22.9 Å². The minimum atomic E-state index is 0.0462. The quantitative estimate of drug-likeness (QED) is 0.490. The molecule has 0 unspecified atom stereocenters. The summed E-state index contributed by atoms with van der Waals surface area (Å²) in [6.07, 6.45) is 0. The Bertz CT molecular complexity index is 190. The fraction of sp³-hybridized carbons (Fsp3) is 0.143. The third kappa shape index (κ3) is 1.85. The Kier molecular flexibility index (Phi) is 2.95. The molecule has 0 heterocycles. The minimum Gasteiger partial charge on any atom is -0.376 e. The molecule has 0 aliphatic carbocycles. The molecule has 0 amide bonds. The van der Waals surface area contributed by atoms with Crippen LogP contribution in [0.25, 0.3) is 0 Å². The van der Waals surface area contributed by atoms with E-state index in [-0.39, 0.29) is 6.73 Å². The van der Waals surface area contributed by atoms with Crippen molar-refractivity contribution in [3.63, 3.8) is 0 Å². The van der Waals surface area contributed by atoms with Crippen LogP contribution in [0.1, 0.15) is 0 Å². The Morgan fingerprint density at radius 1 is 1.30 bits per heavy atom. The molecule has 2 nitrogen and oxygen atoms in total. The van der Waals surface area contributed by atoms with Crippen molar-refractivity contribution in [2.45, 2.75) is 0 Å². The maximum Gasteiger partial charge on any atom is 0.124 e. The van der Waals surface area contributed by atoms with Crippen molar-refractivity contribution in [1.29, 1.82) is 0 Å². The van der Waals surface area contributed by atoms with E-state index in [1.807, 2.05) is 30.3 Å². The first kappa shape index (κ1) is 7.81. The number of anilines is 1. The first-order chi connectivity index (χ1) is 4.84. The largest absolute Gasteiger partial charge is 0.376 e. The Labute approximate surface area is 74.0 Å². The zero-order valence-electron chi connectivity index (χ0n) is 5.37. The Morgan fingerprint density at radius 2 is 1.90 bits per heavy atom. The second-order valence-corrected chi connectivity index (χ2v) is 3.00. The molecule has 0 spiro atoms. The summed E-state index contributed by atoms with van der Waals surface area (Å²) in [5.41, 5.74) is 1.02. The molecule has 3 heteroatoms. The van der Waals surface area contributed by atoms with Crippen LogP contribution in [0.3, 0.4) is 0 Å². The minimum absolute atomic E-state index is 0.0462. The maximum atomic E-state index is 8.71. The number of nitrogens with zero attached hydrogens (tertiary/aromatic N) is 1. The molecule has 0 aliphatic rings. The van der Waals surface area contributed by atoms with Crippen LogP contribution in [0.5, 0.6) is 0 Å². The molecule has 0 saturated carbocycles. The lowest BCUT2D eigenvalue weighted by atomic mass is 10.3. The molecule has 1 rings (SSSR count). The average molecular weight is 249 g/mol. The smallest absolute Gasteiger partial charge is 0.124 e. The molecule has 0 atom stereocenters. The Balaban J connectivity index is 2.75. The van der Waals surface area contributed by atoms with E-state index in [0.717, 1.165) is 5.69 Å². The maximum absolute atomic E-state index is 8.71. The highest BCUT2D eigenvalue weighted by Crippen LogP contribution is 2.15. The van der Waals surface area contributed by atoms with Gasteiger partial charge in [0.1, 0.15) is 6.73 Å². The van der Waals surface area contributed by atoms with Crippen LogP contribution in [-0.2, 0) is 0 Å². The number of hydrogen-bond acceptors (Lipinski definition) is 2. The van der Waals surface area contributed by atoms with Gasteiger partial charge in [-0.2, -0.15) is 0 Å². The predicted molar refractivity (Wildman–Crippen MR) is 50.0 cm³/mol. The van der Waals surface area contributed by atoms with Crippen molar-refractivity contribution in [2.24, 2.45) is 0 Å². The normalized spacial score (nSPS) is 9.40. The lowest BCUT2D eigenvalue weighted by molar-refractivity contribution is 0.316. The second kappa shape index (κ2) is 3.78. The van der Waals surface area contributed by atoms with Gasteiger partial charge in [-0.25, -0.2) is 0 Å². The monoisotopic (exact) mass is 249 g/mol. The molecule has 10 heavy (non-hydrogen) atoms. The van der Waals surface area contributed by atoms with E-state index in [4.69, 9.17) is 5.11 Å². The number of halogens is 1. The average Bonchev–Trinajstić information content (AvgIpc) is 2.05. The first-order valence-electron chi connectivity index (χ1n) is 2.94. The molecule has 0 aliphatic heterocycles. The third-order valence-corrected chi connectivity index (χ3v) is 2.02. The first-order valence-corrected chi connectivity index (χ1v) is 3.90. The molecule has 54 valence electrons. The zero-order valence-corrected chi connectivity index (χ0v) is 7.52. The highest BCUT2D eigenvalue weighted by molar-refractivity contribution is 14.1. The van der Waals surface area contributed by atoms with Crippen molar-refractivity contribution < 1.29 is 5.11 Å². The number of aliphatic hydroxyl groups excluding tert-OH is 1. The lowest BCUT2D eigenvalue weighted by Crippen LogP contribution is -2.08. The van der Waals surface area contributed by atoms with Gasteiger partial charge in [0.05, 0.1) is 22.9 Å². The van der Waals surface area contributed by atoms with E-state index in [1.165, 1.54) is 0 Å². The third-order valence-electron chi connectivity index (χ3n) is 1.16. The highest BCUT2D eigenvalue weighted by Gasteiger charge is 1.95. The van der Waals surface area contributed by atoms with Crippen LogP contribution in [0.4, 0.5) is 5.69 Å². The molecule has 0 saturated heterocycles. The summed E-state index contributed by atoms with van der Waals surface area (Å²) in [6, 6.07) is 9.73. The van der Waals surface area contributed by atoms with Gasteiger partial charge in [0.15, 0.2) is 0 Å². The van der Waals surface area contributed by atoms with E-state index in [1.54, 1.807) is 3.11 Å². The van der Waals surface area contributed by atoms with Crippen LogP contribution in [0.2, 0.25) is 0 Å². The summed E-state index contributed by atoms with van der Waals surface area (Å²) in [5, 5.41) is 8.71. The number of rotatable bonds is 2. The van der Waals surface area contributed by atoms with Gasteiger partial charge in [-0.1, -0.05) is 18.2 Å². The molecule has 1 N–H and O–H groups in total. The Hall–Kier alpha value is -0.290. The van der Waals surface area contributed by atoms with Gasteiger partial charge in [-0.3, -0.25) is 3.11 Å². The lowest BCUT2D eigenvalue weighted by Gasteiger charge is -2.11. The van der Waals surface area contributed by atoms with Crippen LogP contribution >= 0.6 is 22.9 Å². The fourth-order valence-electron chi connectivity index (χ4n) is 0.671. The fourth-order valence-corrected chi connectivity index (χ4v) is 0.993. The second-order valence-electron chi connectivity index (χ2n) is 1.84. The molecule has 1 aromatic rings. The standard InChI is InChI=1S/C7H8INO/c8-9(6-10)7-4-2-1-3-5-7/h1-5,10H,6H2. The van der Waals surface area contributed by atoms with E-state index < -0.39 is 0 Å². The molecule has 0 fully saturated rings. The summed E-state index contributed by atoms with van der Waals surface area (Å²) >= 11 is 2.05. The van der Waals surface area contributed by atoms with Crippen LogP contribution in [0, 0.1) is 0 Å². The number of benzene rings is 1. The van der Waals surface area contributed by atoms with Gasteiger partial charge in [-0.05, 0) is 12.1 Å². The van der Waals surface area contributed by atoms with Crippen LogP contribution in [-0.4, -0.2) is 11.8 Å². The van der Waals surface area contributed by atoms with Gasteiger partial charge in [0.25, 0.3) is 0 Å². The number of hydrogen-bond donors (Lipinski definition) is 1. The van der Waals surface area contributed by atoms with E-state index in [9.17, 15) is 0 Å². The van der Waals surface area contributed by atoms with E-state index >= 15 is 0 Å². The van der Waals surface area contributed by atoms with Crippen LogP contribution < -0.4 is 3.11 Å². The SMILES string of the molecule is OCN(I)c1ccccc1. The van der Waals surface area contributed by atoms with E-state index in [0.29, 0.717) is 0 Å². The molecule has 1 aromatic carbocycles. The van der Waals surface area contributed by atoms with Crippen molar-refractivity contribution in [2.75, 3.05) is 9.84 Å². The summed E-state index contributed by atoms with van der Waals surface area (Å²) in [6.45, 7) is 0.0462. The molecular formula is C7H8INO. The van der Waals surface area contributed by atoms with Gasteiger partial charge in [0.2, 0.25) is 0 Å². The molecule has 0 radical (unpaired) electrons.